The van der Waals surface area contributed by atoms with Gasteiger partial charge in [-0.25, -0.2) is 0 Å². The highest BCUT2D eigenvalue weighted by molar-refractivity contribution is 5.72. The summed E-state index contributed by atoms with van der Waals surface area (Å²) >= 11 is 0. The first-order valence-corrected chi connectivity index (χ1v) is 26.0. The van der Waals surface area contributed by atoms with Crippen molar-refractivity contribution >= 4 is 17.9 Å². The molecule has 1 unspecified atom stereocenters. The molecule has 0 saturated carbocycles. The number of esters is 3. The first-order valence-electron chi connectivity index (χ1n) is 26.0. The topological polar surface area (TPSA) is 78.9 Å². The molecular formula is C59H94O6. The van der Waals surface area contributed by atoms with Crippen LogP contribution in [0.4, 0.5) is 0 Å². The van der Waals surface area contributed by atoms with Crippen LogP contribution in [0.5, 0.6) is 0 Å². The number of hydrogen-bond acceptors (Lipinski definition) is 6. The van der Waals surface area contributed by atoms with E-state index in [1.54, 1.807) is 6.08 Å². The summed E-state index contributed by atoms with van der Waals surface area (Å²) in [5.74, 6) is -1.17. The molecule has 0 saturated heterocycles. The van der Waals surface area contributed by atoms with Crippen LogP contribution in [0.3, 0.4) is 0 Å². The van der Waals surface area contributed by atoms with Gasteiger partial charge in [-0.2, -0.15) is 0 Å². The zero-order valence-electron chi connectivity index (χ0n) is 41.7. The molecule has 0 aliphatic rings. The normalized spacial score (nSPS) is 13.1. The Kier molecular flexibility index (Phi) is 49.1. The molecule has 0 rings (SSSR count). The zero-order valence-corrected chi connectivity index (χ0v) is 41.7. The van der Waals surface area contributed by atoms with Crippen LogP contribution in [-0.2, 0) is 28.6 Å². The van der Waals surface area contributed by atoms with Gasteiger partial charge in [0, 0.05) is 12.8 Å². The molecule has 0 aromatic rings. The smallest absolute Gasteiger partial charge is 0.310 e. The lowest BCUT2D eigenvalue weighted by Crippen LogP contribution is -2.30. The van der Waals surface area contributed by atoms with Crippen LogP contribution in [0.2, 0.25) is 0 Å². The third kappa shape index (κ3) is 50.7. The maximum atomic E-state index is 12.7. The minimum Gasteiger partial charge on any atom is -0.462 e. The number of allylic oxidation sites excluding steroid dienone is 19. The highest BCUT2D eigenvalue weighted by Crippen LogP contribution is 2.13. The first kappa shape index (κ1) is 60.8. The van der Waals surface area contributed by atoms with Crippen molar-refractivity contribution in [1.82, 2.24) is 0 Å². The Balaban J connectivity index is 4.55. The van der Waals surface area contributed by atoms with Gasteiger partial charge in [0.05, 0.1) is 6.42 Å². The van der Waals surface area contributed by atoms with Crippen molar-refractivity contribution in [2.24, 2.45) is 0 Å². The third-order valence-electron chi connectivity index (χ3n) is 10.5. The molecule has 0 amide bonds. The number of rotatable bonds is 45. The van der Waals surface area contributed by atoms with Gasteiger partial charge in [0.2, 0.25) is 0 Å². The number of carbonyl (C=O) groups excluding carboxylic acids is 3. The van der Waals surface area contributed by atoms with Crippen LogP contribution >= 0.6 is 0 Å². The molecule has 1 atom stereocenters. The second-order valence-corrected chi connectivity index (χ2v) is 16.7. The molecule has 0 aliphatic carbocycles. The van der Waals surface area contributed by atoms with E-state index in [1.165, 1.54) is 89.9 Å². The first-order chi connectivity index (χ1) is 32.0. The van der Waals surface area contributed by atoms with Crippen LogP contribution in [0.15, 0.2) is 122 Å². The van der Waals surface area contributed by atoms with Gasteiger partial charge >= 0.3 is 17.9 Å². The van der Waals surface area contributed by atoms with Crippen LogP contribution < -0.4 is 0 Å². The van der Waals surface area contributed by atoms with Crippen molar-refractivity contribution < 1.29 is 28.6 Å². The number of unbranched alkanes of at least 4 members (excludes halogenated alkanes) is 15. The molecule has 6 nitrogen and oxygen atoms in total. The molecule has 0 aliphatic heterocycles. The van der Waals surface area contributed by atoms with Crippen LogP contribution in [0.25, 0.3) is 0 Å². The summed E-state index contributed by atoms with van der Waals surface area (Å²) in [7, 11) is 0. The third-order valence-corrected chi connectivity index (χ3v) is 10.5. The SMILES string of the molecule is CC/C=C\C/C=C\C/C=C\C/C=C\C/C=C\CC(=O)OC(COC(=O)CC/C=C\C/C=C\C/C=C\C/C=C\CC)COC(=O)CCCCCCCCCCC/C=C\CCCCCCCC. The average molecular weight is 899 g/mol. The minimum absolute atomic E-state index is 0.0778. The molecule has 0 spiro atoms. The number of carbonyl (C=O) groups is 3. The summed E-state index contributed by atoms with van der Waals surface area (Å²) in [6, 6.07) is 0. The molecule has 0 aromatic heterocycles. The van der Waals surface area contributed by atoms with E-state index >= 15 is 0 Å². The lowest BCUT2D eigenvalue weighted by Gasteiger charge is -2.18. The van der Waals surface area contributed by atoms with Crippen molar-refractivity contribution in [2.75, 3.05) is 13.2 Å². The van der Waals surface area contributed by atoms with Crippen molar-refractivity contribution in [1.29, 1.82) is 0 Å². The molecule has 366 valence electrons. The zero-order chi connectivity index (χ0) is 47.2. The van der Waals surface area contributed by atoms with E-state index < -0.39 is 12.1 Å². The quantitative estimate of drug-likeness (QED) is 0.0262. The van der Waals surface area contributed by atoms with Gasteiger partial charge in [-0.05, 0) is 96.3 Å². The van der Waals surface area contributed by atoms with Gasteiger partial charge in [-0.15, -0.1) is 0 Å². The van der Waals surface area contributed by atoms with E-state index in [2.05, 4.69) is 118 Å². The fourth-order valence-corrected chi connectivity index (χ4v) is 6.64. The summed E-state index contributed by atoms with van der Waals surface area (Å²) in [6.07, 6.45) is 72.3. The van der Waals surface area contributed by atoms with Crippen molar-refractivity contribution in [3.8, 4) is 0 Å². The van der Waals surface area contributed by atoms with Gasteiger partial charge in [0.15, 0.2) is 6.10 Å². The van der Waals surface area contributed by atoms with E-state index in [4.69, 9.17) is 14.2 Å². The number of ether oxygens (including phenoxy) is 3. The molecule has 0 fully saturated rings. The Labute approximate surface area is 399 Å². The Morgan fingerprint density at radius 1 is 0.338 bits per heavy atom. The monoisotopic (exact) mass is 899 g/mol. The summed E-state index contributed by atoms with van der Waals surface area (Å²) in [6.45, 7) is 6.24. The van der Waals surface area contributed by atoms with Crippen molar-refractivity contribution in [3.63, 3.8) is 0 Å². The highest BCUT2D eigenvalue weighted by Gasteiger charge is 2.19. The fraction of sp³-hybridized carbons (Fsp3) is 0.610. The summed E-state index contributed by atoms with van der Waals surface area (Å²) in [5, 5.41) is 0. The molecule has 0 heterocycles. The molecule has 0 N–H and O–H groups in total. The van der Waals surface area contributed by atoms with Gasteiger partial charge in [0.25, 0.3) is 0 Å². The molecule has 6 heteroatoms. The minimum atomic E-state index is -0.864. The van der Waals surface area contributed by atoms with E-state index in [1.807, 2.05) is 18.2 Å². The fourth-order valence-electron chi connectivity index (χ4n) is 6.64. The van der Waals surface area contributed by atoms with Gasteiger partial charge in [-0.3, -0.25) is 14.4 Å². The van der Waals surface area contributed by atoms with Crippen molar-refractivity contribution in [2.45, 2.75) is 219 Å². The Morgan fingerprint density at radius 2 is 0.677 bits per heavy atom. The standard InChI is InChI=1S/C59H94O6/c1-4-7-10-13-16-19-22-25-27-28-29-30-32-34-37-40-43-46-49-52-58(61)64-55-56(54-63-57(60)51-48-45-42-39-36-33-24-21-18-15-12-9-6-3)65-59(62)53-50-47-44-41-38-35-31-26-23-20-17-14-11-8-5-2/h8-9,11-12,17-18,20-21,25-27,31,33,36,38,41-42,45,47,50,56H,4-7,10,13-16,19,22-24,28-30,32,34-35,37,39-40,43-44,46,48-49,51-55H2,1-3H3/b11-8-,12-9-,20-17-,21-18-,27-25-,31-26-,36-33-,41-38-,45-42-,50-47-. The van der Waals surface area contributed by atoms with Crippen LogP contribution in [-0.4, -0.2) is 37.2 Å². The Bertz CT molecular complexity index is 1400. The van der Waals surface area contributed by atoms with E-state index in [0.717, 1.165) is 70.6 Å². The lowest BCUT2D eigenvalue weighted by molar-refractivity contribution is -0.166. The predicted molar refractivity (Wildman–Crippen MR) is 279 cm³/mol. The lowest BCUT2D eigenvalue weighted by atomic mass is 10.1. The number of hydrogen-bond donors (Lipinski definition) is 0. The second-order valence-electron chi connectivity index (χ2n) is 16.7. The molecule has 65 heavy (non-hydrogen) atoms. The molecular weight excluding hydrogens is 805 g/mol. The second kappa shape index (κ2) is 52.4. The Hall–Kier alpha value is -4.19. The predicted octanol–water partition coefficient (Wildman–Crippen LogP) is 17.3. The summed E-state index contributed by atoms with van der Waals surface area (Å²) in [4.78, 5) is 37.9. The Morgan fingerprint density at radius 3 is 1.11 bits per heavy atom. The largest absolute Gasteiger partial charge is 0.462 e. The van der Waals surface area contributed by atoms with Gasteiger partial charge in [0.1, 0.15) is 13.2 Å². The van der Waals surface area contributed by atoms with Gasteiger partial charge < -0.3 is 14.2 Å². The van der Waals surface area contributed by atoms with E-state index in [9.17, 15) is 14.4 Å². The molecule has 0 radical (unpaired) electrons. The van der Waals surface area contributed by atoms with E-state index in [0.29, 0.717) is 19.3 Å². The molecule has 0 bridgehead atoms. The van der Waals surface area contributed by atoms with Crippen LogP contribution in [0.1, 0.15) is 213 Å². The maximum absolute atomic E-state index is 12.7. The highest BCUT2D eigenvalue weighted by atomic mass is 16.6. The van der Waals surface area contributed by atoms with Crippen LogP contribution in [0, 0.1) is 0 Å². The summed E-state index contributed by atoms with van der Waals surface area (Å²) in [5.41, 5.74) is 0. The van der Waals surface area contributed by atoms with Gasteiger partial charge in [-0.1, -0.05) is 219 Å². The molecule has 0 aromatic carbocycles. The van der Waals surface area contributed by atoms with Crippen molar-refractivity contribution in [3.05, 3.63) is 122 Å². The summed E-state index contributed by atoms with van der Waals surface area (Å²) < 4.78 is 16.6. The van der Waals surface area contributed by atoms with E-state index in [-0.39, 0.29) is 38.0 Å². The average Bonchev–Trinajstić information content (AvgIpc) is 3.30. The maximum Gasteiger partial charge on any atom is 0.310 e.